The second kappa shape index (κ2) is 6.43. The number of sulfone groups is 1. The van der Waals surface area contributed by atoms with Crippen molar-refractivity contribution in [2.24, 2.45) is 0 Å². The fraction of sp³-hybridized carbons (Fsp3) is 0.0714. The van der Waals surface area contributed by atoms with Crippen LogP contribution in [0.1, 0.15) is 4.88 Å². The van der Waals surface area contributed by atoms with E-state index in [9.17, 15) is 13.2 Å². The molecule has 0 aliphatic rings. The van der Waals surface area contributed by atoms with Gasteiger partial charge in [0.1, 0.15) is 0 Å². The summed E-state index contributed by atoms with van der Waals surface area (Å²) in [6.45, 7) is 0. The van der Waals surface area contributed by atoms with Crippen molar-refractivity contribution in [2.75, 3.05) is 11.6 Å². The molecular formula is C14H12ClNO3S2. The number of rotatable bonds is 4. The predicted molar refractivity (Wildman–Crippen MR) is 86.5 cm³/mol. The molecule has 0 atom stereocenters. The number of amides is 1. The first-order chi connectivity index (χ1) is 9.84. The van der Waals surface area contributed by atoms with Crippen LogP contribution in [0.15, 0.2) is 47.4 Å². The van der Waals surface area contributed by atoms with Crippen LogP contribution in [0, 0.1) is 0 Å². The standard InChI is InChI=1S/C14H12ClNO3S2/c1-21(18,19)12-6-2-10(3-7-12)16-14(17)9-5-11-4-8-13(15)20-11/h2-9H,1H3,(H,16,17)/b9-5+. The van der Waals surface area contributed by atoms with E-state index in [1.165, 1.54) is 29.5 Å². The van der Waals surface area contributed by atoms with Crippen molar-refractivity contribution in [3.05, 3.63) is 51.7 Å². The van der Waals surface area contributed by atoms with Crippen molar-refractivity contribution in [3.8, 4) is 0 Å². The van der Waals surface area contributed by atoms with Crippen molar-refractivity contribution < 1.29 is 13.2 Å². The topological polar surface area (TPSA) is 63.2 Å². The van der Waals surface area contributed by atoms with E-state index < -0.39 is 9.84 Å². The molecule has 0 unspecified atom stereocenters. The average Bonchev–Trinajstić information content (AvgIpc) is 2.82. The molecule has 1 amide bonds. The van der Waals surface area contributed by atoms with Gasteiger partial charge in [-0.05, 0) is 42.5 Å². The van der Waals surface area contributed by atoms with Crippen LogP contribution < -0.4 is 5.32 Å². The van der Waals surface area contributed by atoms with Gasteiger partial charge in [-0.3, -0.25) is 4.79 Å². The molecule has 1 N–H and O–H groups in total. The second-order valence-electron chi connectivity index (χ2n) is 4.26. The number of carbonyl (C=O) groups excluding carboxylic acids is 1. The molecule has 0 aliphatic carbocycles. The monoisotopic (exact) mass is 341 g/mol. The first kappa shape index (κ1) is 15.8. The third kappa shape index (κ3) is 4.70. The third-order valence-electron chi connectivity index (χ3n) is 2.54. The van der Waals surface area contributed by atoms with E-state index in [0.29, 0.717) is 10.0 Å². The maximum atomic E-state index is 11.7. The third-order valence-corrected chi connectivity index (χ3v) is 4.87. The average molecular weight is 342 g/mol. The van der Waals surface area contributed by atoms with Crippen molar-refractivity contribution >= 4 is 50.4 Å². The molecule has 1 aromatic carbocycles. The largest absolute Gasteiger partial charge is 0.323 e. The van der Waals surface area contributed by atoms with Crippen LogP contribution >= 0.6 is 22.9 Å². The highest BCUT2D eigenvalue weighted by Crippen LogP contribution is 2.22. The first-order valence-corrected chi connectivity index (χ1v) is 8.98. The van der Waals surface area contributed by atoms with Crippen LogP contribution in [0.2, 0.25) is 4.34 Å². The quantitative estimate of drug-likeness (QED) is 0.866. The predicted octanol–water partition coefficient (Wildman–Crippen LogP) is 3.46. The summed E-state index contributed by atoms with van der Waals surface area (Å²) in [5.74, 6) is -0.299. The van der Waals surface area contributed by atoms with Crippen LogP contribution in [-0.2, 0) is 14.6 Å². The normalized spacial score (nSPS) is 11.7. The second-order valence-corrected chi connectivity index (χ2v) is 8.02. The SMILES string of the molecule is CS(=O)(=O)c1ccc(NC(=O)/C=C/c2ccc(Cl)s2)cc1. The summed E-state index contributed by atoms with van der Waals surface area (Å²) in [6.07, 6.45) is 4.19. The van der Waals surface area contributed by atoms with E-state index in [-0.39, 0.29) is 10.8 Å². The highest BCUT2D eigenvalue weighted by atomic mass is 35.5. The fourth-order valence-electron chi connectivity index (χ4n) is 1.55. The lowest BCUT2D eigenvalue weighted by molar-refractivity contribution is -0.111. The highest BCUT2D eigenvalue weighted by Gasteiger charge is 2.06. The zero-order valence-corrected chi connectivity index (χ0v) is 13.4. The van der Waals surface area contributed by atoms with Crippen LogP contribution in [0.3, 0.4) is 0 Å². The van der Waals surface area contributed by atoms with Crippen LogP contribution in [0.5, 0.6) is 0 Å². The molecular weight excluding hydrogens is 330 g/mol. The lowest BCUT2D eigenvalue weighted by Gasteiger charge is -2.03. The molecule has 1 aromatic heterocycles. The van der Waals surface area contributed by atoms with Gasteiger partial charge in [0, 0.05) is 22.9 Å². The van der Waals surface area contributed by atoms with E-state index in [2.05, 4.69) is 5.32 Å². The number of benzene rings is 1. The number of halogens is 1. The van der Waals surface area contributed by atoms with Gasteiger partial charge < -0.3 is 5.32 Å². The summed E-state index contributed by atoms with van der Waals surface area (Å²) in [5, 5.41) is 2.65. The Morgan fingerprint density at radius 2 is 1.86 bits per heavy atom. The van der Waals surface area contributed by atoms with E-state index in [0.717, 1.165) is 11.1 Å². The summed E-state index contributed by atoms with van der Waals surface area (Å²) in [4.78, 5) is 12.8. The molecule has 110 valence electrons. The van der Waals surface area contributed by atoms with Crippen molar-refractivity contribution in [3.63, 3.8) is 0 Å². The fourth-order valence-corrected chi connectivity index (χ4v) is 3.14. The number of thiophene rings is 1. The summed E-state index contributed by atoms with van der Waals surface area (Å²) in [6, 6.07) is 9.57. The number of hydrogen-bond acceptors (Lipinski definition) is 4. The molecule has 0 saturated carbocycles. The molecule has 0 radical (unpaired) electrons. The van der Waals surface area contributed by atoms with Crippen LogP contribution in [0.25, 0.3) is 6.08 Å². The Hall–Kier alpha value is -1.63. The lowest BCUT2D eigenvalue weighted by atomic mass is 10.3. The molecule has 2 rings (SSSR count). The number of carbonyl (C=O) groups is 1. The van der Waals surface area contributed by atoms with Gasteiger partial charge in [-0.1, -0.05) is 11.6 Å². The van der Waals surface area contributed by atoms with Crippen LogP contribution in [0.4, 0.5) is 5.69 Å². The zero-order chi connectivity index (χ0) is 15.5. The molecule has 0 aliphatic heterocycles. The number of hydrogen-bond donors (Lipinski definition) is 1. The van der Waals surface area contributed by atoms with E-state index in [1.54, 1.807) is 24.3 Å². The Kier molecular flexibility index (Phi) is 4.82. The van der Waals surface area contributed by atoms with Gasteiger partial charge in [-0.25, -0.2) is 8.42 Å². The maximum absolute atomic E-state index is 11.7. The minimum absolute atomic E-state index is 0.212. The van der Waals surface area contributed by atoms with Crippen molar-refractivity contribution in [2.45, 2.75) is 4.90 Å². The lowest BCUT2D eigenvalue weighted by Crippen LogP contribution is -2.07. The minimum atomic E-state index is -3.23. The number of nitrogens with one attached hydrogen (secondary N) is 1. The molecule has 21 heavy (non-hydrogen) atoms. The number of anilines is 1. The molecule has 0 bridgehead atoms. The Morgan fingerprint density at radius 1 is 1.19 bits per heavy atom. The van der Waals surface area contributed by atoms with Gasteiger partial charge >= 0.3 is 0 Å². The molecule has 7 heteroatoms. The van der Waals surface area contributed by atoms with E-state index >= 15 is 0 Å². The van der Waals surface area contributed by atoms with Crippen molar-refractivity contribution in [1.29, 1.82) is 0 Å². The molecule has 0 spiro atoms. The summed E-state index contributed by atoms with van der Waals surface area (Å²) < 4.78 is 23.3. The zero-order valence-electron chi connectivity index (χ0n) is 11.0. The summed E-state index contributed by atoms with van der Waals surface area (Å²) in [5.41, 5.74) is 0.529. The van der Waals surface area contributed by atoms with Gasteiger partial charge in [-0.2, -0.15) is 0 Å². The van der Waals surface area contributed by atoms with Gasteiger partial charge in [0.05, 0.1) is 9.23 Å². The Morgan fingerprint density at radius 3 is 2.38 bits per heavy atom. The van der Waals surface area contributed by atoms with Gasteiger partial charge in [0.2, 0.25) is 5.91 Å². The summed E-state index contributed by atoms with van der Waals surface area (Å²) in [7, 11) is -3.23. The first-order valence-electron chi connectivity index (χ1n) is 5.89. The Bertz CT molecular complexity index is 777. The Labute approximate surface area is 132 Å². The van der Waals surface area contributed by atoms with Gasteiger partial charge in [0.25, 0.3) is 0 Å². The van der Waals surface area contributed by atoms with Gasteiger partial charge in [0.15, 0.2) is 9.84 Å². The molecule has 0 saturated heterocycles. The molecule has 0 fully saturated rings. The van der Waals surface area contributed by atoms with Gasteiger partial charge in [-0.15, -0.1) is 11.3 Å². The molecule has 2 aromatic rings. The summed E-state index contributed by atoms with van der Waals surface area (Å²) >= 11 is 7.16. The Balaban J connectivity index is 2.01. The van der Waals surface area contributed by atoms with E-state index in [1.807, 2.05) is 6.07 Å². The molecule has 4 nitrogen and oxygen atoms in total. The van der Waals surface area contributed by atoms with E-state index in [4.69, 9.17) is 11.6 Å². The highest BCUT2D eigenvalue weighted by molar-refractivity contribution is 7.90. The smallest absolute Gasteiger partial charge is 0.248 e. The van der Waals surface area contributed by atoms with Crippen LogP contribution in [-0.4, -0.2) is 20.6 Å². The molecule has 1 heterocycles. The minimum Gasteiger partial charge on any atom is -0.323 e. The maximum Gasteiger partial charge on any atom is 0.248 e. The van der Waals surface area contributed by atoms with Crippen molar-refractivity contribution in [1.82, 2.24) is 0 Å².